The molecule has 0 bridgehead atoms. The van der Waals surface area contributed by atoms with Crippen molar-refractivity contribution in [3.8, 4) is 11.5 Å². The van der Waals surface area contributed by atoms with Crippen LogP contribution in [0.5, 0.6) is 11.5 Å². The lowest BCUT2D eigenvalue weighted by Gasteiger charge is -2.31. The van der Waals surface area contributed by atoms with E-state index in [1.54, 1.807) is 19.1 Å². The van der Waals surface area contributed by atoms with E-state index >= 15 is 0 Å². The number of imide groups is 1. The fourth-order valence-corrected chi connectivity index (χ4v) is 8.37. The molecule has 4 unspecified atom stereocenters. The van der Waals surface area contributed by atoms with E-state index in [4.69, 9.17) is 38.5 Å². The molecule has 294 valence electrons. The number of aromatic amines is 1. The number of methoxy groups -OCH3 is 3. The normalized spacial score (nSPS) is 28.3. The molecule has 0 aliphatic carbocycles. The predicted molar refractivity (Wildman–Crippen MR) is 188 cm³/mol. The largest absolute Gasteiger partial charge is 0.493 e. The van der Waals surface area contributed by atoms with Gasteiger partial charge in [-0.05, 0) is 38.1 Å². The summed E-state index contributed by atoms with van der Waals surface area (Å²) < 4.78 is 58.5. The SMILES string of the molecule is COc1ccc(CCN(C)P(=O)(OC[C@H]2O[C@@H](n3cnc4c(=O)[nH]c(N)nc43)[C@@H](OC)C2O)OC2C[C@@H](C3C=C(C)C(=O)NC3=O)O[C@@H]2CO)cc1OC. The second kappa shape index (κ2) is 16.2. The van der Waals surface area contributed by atoms with Gasteiger partial charge in [-0.3, -0.25) is 38.3 Å². The first-order valence-corrected chi connectivity index (χ1v) is 18.5. The summed E-state index contributed by atoms with van der Waals surface area (Å²) >= 11 is 0. The van der Waals surface area contributed by atoms with E-state index < -0.39 is 87.1 Å². The molecule has 6 rings (SSSR count). The molecule has 3 aromatic rings. The smallest absolute Gasteiger partial charge is 0.408 e. The highest BCUT2D eigenvalue weighted by Crippen LogP contribution is 2.55. The summed E-state index contributed by atoms with van der Waals surface area (Å²) in [6.07, 6.45) is -4.16. The zero-order valence-corrected chi connectivity index (χ0v) is 31.1. The van der Waals surface area contributed by atoms with Crippen molar-refractivity contribution >= 4 is 36.7 Å². The molecule has 2 fully saturated rings. The Hall–Kier alpha value is -4.24. The number of H-pyrrole nitrogens is 1. The van der Waals surface area contributed by atoms with Gasteiger partial charge in [-0.25, -0.2) is 14.2 Å². The highest BCUT2D eigenvalue weighted by Gasteiger charge is 2.50. The first kappa shape index (κ1) is 39.5. The molecule has 3 aliphatic rings. The van der Waals surface area contributed by atoms with Crippen LogP contribution in [0.3, 0.4) is 0 Å². The minimum absolute atomic E-state index is 0.00988. The van der Waals surface area contributed by atoms with Gasteiger partial charge in [0.15, 0.2) is 28.9 Å². The molecule has 5 heterocycles. The number of anilines is 1. The number of benzene rings is 1. The summed E-state index contributed by atoms with van der Waals surface area (Å²) in [5.74, 6) is -1.05. The molecule has 1 aromatic carbocycles. The maximum absolute atomic E-state index is 14.9. The van der Waals surface area contributed by atoms with Crippen molar-refractivity contribution in [3.63, 3.8) is 0 Å². The topological polar surface area (TPSA) is 261 Å². The average molecular weight is 778 g/mol. The quantitative estimate of drug-likeness (QED) is 0.101. The lowest BCUT2D eigenvalue weighted by atomic mass is 9.93. The minimum atomic E-state index is -4.33. The van der Waals surface area contributed by atoms with Crippen molar-refractivity contribution in [1.82, 2.24) is 29.5 Å². The number of aliphatic hydroxyl groups excluding tert-OH is 2. The number of nitrogens with one attached hydrogen (secondary N) is 2. The van der Waals surface area contributed by atoms with Crippen molar-refractivity contribution in [1.29, 1.82) is 0 Å². The fourth-order valence-electron chi connectivity index (χ4n) is 6.70. The standard InChI is InChI=1S/C33H44N7O13P/c1-16-10-18(30(44)37-29(16)43)20-12-22(23(13-41)51-20)53-54(46,39(2)9-8-17-6-7-19(47-3)21(11-17)48-4)50-14-24-26(42)27(49-5)32(52-24)40-15-35-25-28(40)36-33(34)38-31(25)45/h6-7,10-11,15,18,20,22-24,26-27,32,41-42H,8-9,12-14H2,1-5H3,(H,37,43,44)(H3,34,36,38,45)/t18?,20-,22?,23+,24+,26?,27-,32+,54?/m0/s1. The number of aliphatic hydroxyl groups is 2. The maximum Gasteiger partial charge on any atom is 0.408 e. The van der Waals surface area contributed by atoms with E-state index in [9.17, 15) is 29.2 Å². The Labute approximate surface area is 309 Å². The summed E-state index contributed by atoms with van der Waals surface area (Å²) in [6, 6.07) is 5.37. The van der Waals surface area contributed by atoms with E-state index in [1.165, 1.54) is 50.0 Å². The first-order valence-electron chi connectivity index (χ1n) is 17.0. The molecule has 0 saturated carbocycles. The number of imidazole rings is 1. The molecule has 2 aromatic heterocycles. The van der Waals surface area contributed by atoms with Gasteiger partial charge in [0.2, 0.25) is 11.9 Å². The number of amides is 2. The molecule has 54 heavy (non-hydrogen) atoms. The molecule has 9 atom stereocenters. The monoisotopic (exact) mass is 777 g/mol. The number of nitrogens with two attached hydrogens (primary N) is 1. The molecule has 0 spiro atoms. The van der Waals surface area contributed by atoms with Crippen LogP contribution >= 0.6 is 7.75 Å². The van der Waals surface area contributed by atoms with Crippen LogP contribution in [0.4, 0.5) is 5.95 Å². The highest BCUT2D eigenvalue weighted by molar-refractivity contribution is 7.51. The van der Waals surface area contributed by atoms with Gasteiger partial charge in [0.1, 0.15) is 24.4 Å². The fraction of sp³-hybridized carbons (Fsp3) is 0.545. The number of aromatic nitrogens is 4. The Balaban J connectivity index is 1.24. The van der Waals surface area contributed by atoms with Crippen molar-refractivity contribution in [2.45, 2.75) is 62.6 Å². The van der Waals surface area contributed by atoms with Crippen LogP contribution in [0, 0.1) is 5.92 Å². The molecule has 2 amide bonds. The van der Waals surface area contributed by atoms with Crippen LogP contribution in [0.1, 0.15) is 25.1 Å². The van der Waals surface area contributed by atoms with Gasteiger partial charge in [-0.15, -0.1) is 0 Å². The first-order chi connectivity index (χ1) is 25.8. The van der Waals surface area contributed by atoms with E-state index in [0.717, 1.165) is 5.56 Å². The number of nitrogens with zero attached hydrogens (tertiary/aromatic N) is 4. The Kier molecular flexibility index (Phi) is 11.9. The molecule has 0 radical (unpaired) electrons. The van der Waals surface area contributed by atoms with E-state index in [2.05, 4.69) is 20.3 Å². The van der Waals surface area contributed by atoms with E-state index in [0.29, 0.717) is 23.5 Å². The molecular formula is C33H44N7O13P. The lowest BCUT2D eigenvalue weighted by Crippen LogP contribution is -2.44. The third kappa shape index (κ3) is 7.79. The third-order valence-electron chi connectivity index (χ3n) is 9.71. The number of fused-ring (bicyclic) bond motifs is 1. The maximum atomic E-state index is 14.9. The minimum Gasteiger partial charge on any atom is -0.493 e. The van der Waals surface area contributed by atoms with Crippen molar-refractivity contribution in [3.05, 3.63) is 52.1 Å². The van der Waals surface area contributed by atoms with Gasteiger partial charge in [0.25, 0.3) is 11.5 Å². The molecule has 20 nitrogen and oxygen atoms in total. The van der Waals surface area contributed by atoms with Crippen LogP contribution in [0.2, 0.25) is 0 Å². The number of ether oxygens (including phenoxy) is 5. The van der Waals surface area contributed by atoms with Crippen LogP contribution in [-0.2, 0) is 43.8 Å². The van der Waals surface area contributed by atoms with E-state index in [-0.39, 0.29) is 30.1 Å². The number of hydrogen-bond acceptors (Lipinski definition) is 16. The van der Waals surface area contributed by atoms with Crippen molar-refractivity contribution in [2.75, 3.05) is 53.9 Å². The number of carbonyl (C=O) groups excluding carboxylic acids is 2. The number of rotatable bonds is 15. The molecule has 3 aliphatic heterocycles. The number of likely N-dealkylation sites (N-methyl/N-ethyl adjacent to an activating group) is 1. The van der Waals surface area contributed by atoms with Gasteiger partial charge in [-0.1, -0.05) is 12.1 Å². The Bertz CT molecular complexity index is 2010. The van der Waals surface area contributed by atoms with Gasteiger partial charge in [-0.2, -0.15) is 4.98 Å². The summed E-state index contributed by atoms with van der Waals surface area (Å²) in [7, 11) is 1.61. The third-order valence-corrected chi connectivity index (χ3v) is 11.8. The Morgan fingerprint density at radius 3 is 2.59 bits per heavy atom. The summed E-state index contributed by atoms with van der Waals surface area (Å²) in [6.45, 7) is 0.709. The van der Waals surface area contributed by atoms with Crippen LogP contribution < -0.4 is 26.1 Å². The van der Waals surface area contributed by atoms with Crippen LogP contribution in [0.25, 0.3) is 11.2 Å². The Morgan fingerprint density at radius 2 is 1.89 bits per heavy atom. The van der Waals surface area contributed by atoms with Crippen LogP contribution in [0.15, 0.2) is 41.0 Å². The number of carbonyl (C=O) groups is 2. The van der Waals surface area contributed by atoms with Gasteiger partial charge < -0.3 is 39.6 Å². The lowest BCUT2D eigenvalue weighted by molar-refractivity contribution is -0.134. The molecule has 6 N–H and O–H groups in total. The second-order valence-electron chi connectivity index (χ2n) is 13.1. The predicted octanol–water partition coefficient (Wildman–Crippen LogP) is 0.0454. The average Bonchev–Trinajstić information content (AvgIpc) is 3.85. The Morgan fingerprint density at radius 1 is 1.13 bits per heavy atom. The molecular weight excluding hydrogens is 733 g/mol. The second-order valence-corrected chi connectivity index (χ2v) is 15.2. The number of nitrogen functional groups attached to an aromatic ring is 1. The van der Waals surface area contributed by atoms with E-state index in [1.807, 2.05) is 6.07 Å². The highest BCUT2D eigenvalue weighted by atomic mass is 31.2. The molecule has 21 heteroatoms. The summed E-state index contributed by atoms with van der Waals surface area (Å²) in [5, 5.41) is 23.9. The van der Waals surface area contributed by atoms with Gasteiger partial charge in [0.05, 0.1) is 51.9 Å². The van der Waals surface area contributed by atoms with Crippen molar-refractivity contribution < 1.29 is 57.1 Å². The number of hydrogen-bond donors (Lipinski definition) is 5. The van der Waals surface area contributed by atoms with Gasteiger partial charge in [0, 0.05) is 25.6 Å². The molecule has 2 saturated heterocycles. The summed E-state index contributed by atoms with van der Waals surface area (Å²) in [5.41, 5.74) is 6.44. The zero-order chi connectivity index (χ0) is 38.9. The van der Waals surface area contributed by atoms with Gasteiger partial charge >= 0.3 is 7.75 Å². The summed E-state index contributed by atoms with van der Waals surface area (Å²) in [4.78, 5) is 47.8. The van der Waals surface area contributed by atoms with Crippen LogP contribution in [-0.4, -0.2) is 131 Å². The van der Waals surface area contributed by atoms with Crippen molar-refractivity contribution in [2.24, 2.45) is 5.92 Å². The zero-order valence-electron chi connectivity index (χ0n) is 30.2.